The number of amides is 3. The molecule has 3 amide bonds. The predicted molar refractivity (Wildman–Crippen MR) is 106 cm³/mol. The number of aliphatic hydroxyl groups is 1. The van der Waals surface area contributed by atoms with Gasteiger partial charge < -0.3 is 15.3 Å². The van der Waals surface area contributed by atoms with E-state index in [4.69, 9.17) is 0 Å². The third-order valence-corrected chi connectivity index (χ3v) is 5.92. The molecule has 0 radical (unpaired) electrons. The highest BCUT2D eigenvalue weighted by Gasteiger charge is 2.43. The lowest BCUT2D eigenvalue weighted by molar-refractivity contribution is -0.129. The number of nitrogens with zero attached hydrogens (tertiary/aromatic N) is 4. The summed E-state index contributed by atoms with van der Waals surface area (Å²) in [4.78, 5) is 40.4. The van der Waals surface area contributed by atoms with Crippen molar-refractivity contribution in [3.05, 3.63) is 30.3 Å². The fraction of sp³-hybridized carbons (Fsp3) is 0.500. The molecule has 1 aromatic rings. The molecule has 3 aliphatic rings. The van der Waals surface area contributed by atoms with Gasteiger partial charge in [-0.25, -0.2) is 0 Å². The lowest BCUT2D eigenvalue weighted by atomic mass is 10.1. The first-order chi connectivity index (χ1) is 14.0. The molecule has 2 heterocycles. The normalized spacial score (nSPS) is 27.7. The van der Waals surface area contributed by atoms with Gasteiger partial charge in [0.2, 0.25) is 5.91 Å². The Morgan fingerprint density at radius 1 is 1.24 bits per heavy atom. The number of nitrogens with one attached hydrogen (secondary N) is 1. The molecular formula is C20H25N5O4. The molecule has 0 spiro atoms. The molecule has 1 saturated heterocycles. The molecule has 154 valence electrons. The molecule has 1 saturated carbocycles. The number of rotatable bonds is 4. The summed E-state index contributed by atoms with van der Waals surface area (Å²) < 4.78 is 0. The zero-order valence-electron chi connectivity index (χ0n) is 16.3. The van der Waals surface area contributed by atoms with Crippen LogP contribution < -0.4 is 10.3 Å². The van der Waals surface area contributed by atoms with Gasteiger partial charge in [0, 0.05) is 26.2 Å². The summed E-state index contributed by atoms with van der Waals surface area (Å²) in [6.45, 7) is 1.51. The van der Waals surface area contributed by atoms with Crippen molar-refractivity contribution in [1.82, 2.24) is 15.1 Å². The zero-order valence-corrected chi connectivity index (χ0v) is 16.3. The zero-order chi connectivity index (χ0) is 20.5. The molecule has 4 rings (SSSR count). The van der Waals surface area contributed by atoms with Crippen molar-refractivity contribution in [3.63, 3.8) is 0 Å². The Morgan fingerprint density at radius 2 is 2.00 bits per heavy atom. The van der Waals surface area contributed by atoms with Crippen molar-refractivity contribution in [3.8, 4) is 0 Å². The first-order valence-electron chi connectivity index (χ1n) is 9.87. The standard InChI is InChI=1S/C20H25N5O4/c1-23(15-7-8-16(19(15)28)24-10-9-21-17(26)12-24)20(29)14-11-18(27)25(22-14)13-5-3-2-4-6-13/h2-6,15-16,19,28H,7-12H2,1H3,(H,21,26)/t15-,16-,19-/m1/s1. The number of anilines is 1. The number of aliphatic hydroxyl groups excluding tert-OH is 1. The molecule has 1 aliphatic carbocycles. The molecule has 29 heavy (non-hydrogen) atoms. The van der Waals surface area contributed by atoms with Crippen molar-refractivity contribution >= 4 is 29.1 Å². The molecule has 2 aliphatic heterocycles. The van der Waals surface area contributed by atoms with E-state index in [-0.39, 0.29) is 48.5 Å². The Labute approximate surface area is 168 Å². The Balaban J connectivity index is 1.44. The van der Waals surface area contributed by atoms with Crippen LogP contribution in [0.25, 0.3) is 0 Å². The van der Waals surface area contributed by atoms with E-state index in [1.54, 1.807) is 31.3 Å². The van der Waals surface area contributed by atoms with Crippen LogP contribution in [0.15, 0.2) is 35.4 Å². The van der Waals surface area contributed by atoms with Gasteiger partial charge in [-0.15, -0.1) is 0 Å². The van der Waals surface area contributed by atoms with Crippen molar-refractivity contribution in [2.24, 2.45) is 5.10 Å². The second-order valence-corrected chi connectivity index (χ2v) is 7.70. The summed E-state index contributed by atoms with van der Waals surface area (Å²) in [7, 11) is 1.64. The lowest BCUT2D eigenvalue weighted by Crippen LogP contribution is -2.56. The summed E-state index contributed by atoms with van der Waals surface area (Å²) >= 11 is 0. The largest absolute Gasteiger partial charge is 0.389 e. The minimum absolute atomic E-state index is 0.0452. The van der Waals surface area contributed by atoms with Crippen LogP contribution in [-0.4, -0.2) is 83.2 Å². The maximum Gasteiger partial charge on any atom is 0.270 e. The van der Waals surface area contributed by atoms with E-state index < -0.39 is 6.10 Å². The minimum atomic E-state index is -0.752. The Kier molecular flexibility index (Phi) is 5.33. The van der Waals surface area contributed by atoms with Crippen molar-refractivity contribution in [2.75, 3.05) is 31.7 Å². The molecule has 0 unspecified atom stereocenters. The quantitative estimate of drug-likeness (QED) is 0.714. The van der Waals surface area contributed by atoms with Crippen LogP contribution in [-0.2, 0) is 14.4 Å². The summed E-state index contributed by atoms with van der Waals surface area (Å²) in [6.07, 6.45) is 0.530. The van der Waals surface area contributed by atoms with E-state index in [1.165, 1.54) is 9.91 Å². The Hall–Kier alpha value is -2.78. The minimum Gasteiger partial charge on any atom is -0.389 e. The van der Waals surface area contributed by atoms with E-state index >= 15 is 0 Å². The van der Waals surface area contributed by atoms with Crippen LogP contribution in [0, 0.1) is 0 Å². The summed E-state index contributed by atoms with van der Waals surface area (Å²) in [6, 6.07) is 8.45. The number of hydrogen-bond donors (Lipinski definition) is 2. The van der Waals surface area contributed by atoms with E-state index in [2.05, 4.69) is 10.4 Å². The van der Waals surface area contributed by atoms with Gasteiger partial charge in [-0.05, 0) is 25.0 Å². The second kappa shape index (κ2) is 7.92. The van der Waals surface area contributed by atoms with Crippen LogP contribution in [0.2, 0.25) is 0 Å². The second-order valence-electron chi connectivity index (χ2n) is 7.70. The van der Waals surface area contributed by atoms with Gasteiger partial charge in [0.05, 0.1) is 30.8 Å². The van der Waals surface area contributed by atoms with Gasteiger partial charge in [-0.2, -0.15) is 10.1 Å². The predicted octanol–water partition coefficient (Wildman–Crippen LogP) is -0.439. The van der Waals surface area contributed by atoms with Crippen molar-refractivity contribution in [2.45, 2.75) is 37.5 Å². The third-order valence-electron chi connectivity index (χ3n) is 5.92. The number of carbonyl (C=O) groups is 3. The fourth-order valence-corrected chi connectivity index (χ4v) is 4.38. The number of carbonyl (C=O) groups excluding carboxylic acids is 3. The number of piperazine rings is 1. The van der Waals surface area contributed by atoms with Gasteiger partial charge in [0.15, 0.2) is 0 Å². The fourth-order valence-electron chi connectivity index (χ4n) is 4.38. The number of hydrogen-bond acceptors (Lipinski definition) is 6. The SMILES string of the molecule is CN(C(=O)C1=NN(c2ccccc2)C(=O)C1)[C@@H]1CC[C@@H](N2CCNC(=O)C2)[C@@H]1O. The maximum absolute atomic E-state index is 13.0. The number of likely N-dealkylation sites (N-methyl/N-ethyl adjacent to an activating group) is 1. The molecule has 0 aromatic heterocycles. The summed E-state index contributed by atoms with van der Waals surface area (Å²) in [5, 5.41) is 19.1. The first kappa shape index (κ1) is 19.5. The molecule has 9 heteroatoms. The molecule has 3 atom stereocenters. The van der Waals surface area contributed by atoms with E-state index in [1.807, 2.05) is 11.0 Å². The molecule has 1 aromatic carbocycles. The average Bonchev–Trinajstić information content (AvgIpc) is 3.30. The van der Waals surface area contributed by atoms with Crippen LogP contribution in [0.3, 0.4) is 0 Å². The first-order valence-corrected chi connectivity index (χ1v) is 9.87. The third kappa shape index (κ3) is 3.75. The number of para-hydroxylation sites is 1. The molecule has 2 N–H and O–H groups in total. The molecule has 0 bridgehead atoms. The van der Waals surface area contributed by atoms with Crippen LogP contribution in [0.5, 0.6) is 0 Å². The number of benzene rings is 1. The maximum atomic E-state index is 13.0. The summed E-state index contributed by atoms with van der Waals surface area (Å²) in [5.41, 5.74) is 0.793. The van der Waals surface area contributed by atoms with Gasteiger partial charge in [-0.3, -0.25) is 19.3 Å². The van der Waals surface area contributed by atoms with E-state index in [9.17, 15) is 19.5 Å². The van der Waals surface area contributed by atoms with Gasteiger partial charge in [0.25, 0.3) is 11.8 Å². The highest BCUT2D eigenvalue weighted by Crippen LogP contribution is 2.29. The highest BCUT2D eigenvalue weighted by atomic mass is 16.3. The van der Waals surface area contributed by atoms with Crippen molar-refractivity contribution in [1.29, 1.82) is 0 Å². The average molecular weight is 399 g/mol. The molecule has 2 fully saturated rings. The topological polar surface area (TPSA) is 106 Å². The van der Waals surface area contributed by atoms with Crippen LogP contribution >= 0.6 is 0 Å². The van der Waals surface area contributed by atoms with E-state index in [0.29, 0.717) is 31.6 Å². The smallest absolute Gasteiger partial charge is 0.270 e. The lowest BCUT2D eigenvalue weighted by Gasteiger charge is -2.35. The highest BCUT2D eigenvalue weighted by molar-refractivity contribution is 6.44. The van der Waals surface area contributed by atoms with Gasteiger partial charge >= 0.3 is 0 Å². The number of hydrazone groups is 1. The molecule has 9 nitrogen and oxygen atoms in total. The van der Waals surface area contributed by atoms with Crippen molar-refractivity contribution < 1.29 is 19.5 Å². The monoisotopic (exact) mass is 399 g/mol. The molecular weight excluding hydrogens is 374 g/mol. The summed E-state index contributed by atoms with van der Waals surface area (Å²) in [5.74, 6) is -0.647. The Morgan fingerprint density at radius 3 is 2.72 bits per heavy atom. The van der Waals surface area contributed by atoms with Crippen LogP contribution in [0.1, 0.15) is 19.3 Å². The van der Waals surface area contributed by atoms with E-state index in [0.717, 1.165) is 0 Å². The van der Waals surface area contributed by atoms with Crippen LogP contribution in [0.4, 0.5) is 5.69 Å². The van der Waals surface area contributed by atoms with Gasteiger partial charge in [-0.1, -0.05) is 18.2 Å². The Bertz CT molecular complexity index is 843. The van der Waals surface area contributed by atoms with Gasteiger partial charge in [0.1, 0.15) is 5.71 Å².